The van der Waals surface area contributed by atoms with Crippen LogP contribution in [0.3, 0.4) is 0 Å². The summed E-state index contributed by atoms with van der Waals surface area (Å²) in [5.41, 5.74) is 2.08. The van der Waals surface area contributed by atoms with Crippen molar-refractivity contribution in [3.8, 4) is 11.3 Å². The van der Waals surface area contributed by atoms with Crippen LogP contribution < -0.4 is 5.32 Å². The Hall–Kier alpha value is -2.18. The molecule has 4 rings (SSSR count). The summed E-state index contributed by atoms with van der Waals surface area (Å²) in [6.45, 7) is 6.72. The predicted octanol–water partition coefficient (Wildman–Crippen LogP) is 4.47. The van der Waals surface area contributed by atoms with Crippen LogP contribution in [0, 0.1) is 5.92 Å². The molecule has 27 heavy (non-hydrogen) atoms. The number of fused-ring (bicyclic) bond motifs is 1. The van der Waals surface area contributed by atoms with Crippen LogP contribution in [0.2, 0.25) is 5.02 Å². The van der Waals surface area contributed by atoms with E-state index in [0.29, 0.717) is 16.4 Å². The molecule has 3 heterocycles. The minimum absolute atomic E-state index is 0.479. The Morgan fingerprint density at radius 1 is 1.33 bits per heavy atom. The number of halogens is 1. The van der Waals surface area contributed by atoms with Crippen molar-refractivity contribution in [2.75, 3.05) is 31.5 Å². The molecule has 0 saturated carbocycles. The number of anilines is 1. The van der Waals surface area contributed by atoms with Crippen LogP contribution in [-0.4, -0.2) is 46.2 Å². The molecule has 0 amide bonds. The molecule has 142 valence electrons. The largest absolute Gasteiger partial charge is 0.369 e. The van der Waals surface area contributed by atoms with Gasteiger partial charge >= 0.3 is 0 Å². The van der Waals surface area contributed by atoms with Gasteiger partial charge in [0.2, 0.25) is 0 Å². The average Bonchev–Trinajstić information content (AvgIpc) is 3.10. The average molecular weight is 386 g/mol. The summed E-state index contributed by atoms with van der Waals surface area (Å²) in [4.78, 5) is 11.2. The number of nitrogens with one attached hydrogen (secondary N) is 1. The number of hydrogen-bond acceptors (Lipinski definition) is 6. The summed E-state index contributed by atoms with van der Waals surface area (Å²) in [6, 6.07) is 7.56. The summed E-state index contributed by atoms with van der Waals surface area (Å²) >= 11 is 6.13. The van der Waals surface area contributed by atoms with Crippen molar-refractivity contribution in [1.29, 1.82) is 0 Å². The van der Waals surface area contributed by atoms with Crippen molar-refractivity contribution in [1.82, 2.24) is 20.0 Å². The normalized spacial score (nSPS) is 18.1. The van der Waals surface area contributed by atoms with Crippen LogP contribution in [0.15, 0.2) is 35.1 Å². The van der Waals surface area contributed by atoms with Gasteiger partial charge in [0.25, 0.3) is 5.71 Å². The fourth-order valence-corrected chi connectivity index (χ4v) is 3.94. The molecule has 1 aromatic carbocycles. The van der Waals surface area contributed by atoms with Crippen molar-refractivity contribution in [2.24, 2.45) is 5.92 Å². The molecule has 2 aromatic heterocycles. The van der Waals surface area contributed by atoms with E-state index in [1.165, 1.54) is 32.3 Å². The second kappa shape index (κ2) is 8.23. The van der Waals surface area contributed by atoms with Crippen molar-refractivity contribution in [3.05, 3.63) is 35.6 Å². The Labute approximate surface area is 163 Å². The maximum absolute atomic E-state index is 6.13. The Kier molecular flexibility index (Phi) is 5.55. The molecule has 0 aliphatic carbocycles. The topological polar surface area (TPSA) is 67.1 Å². The molecule has 1 N–H and O–H groups in total. The molecule has 1 atom stereocenters. The summed E-state index contributed by atoms with van der Waals surface area (Å²) in [7, 11) is 0. The highest BCUT2D eigenvalue weighted by molar-refractivity contribution is 6.30. The standard InChI is InChI=1S/C20H24ClN5O/c1-14-5-3-9-26(12-14)10-4-8-22-19-17-18(15-6-2-7-16(21)11-15)25-27-20(17)24-13-23-19/h2,6-7,11,13-14H,3-5,8-10,12H2,1H3,(H,22,23,24). The van der Waals surface area contributed by atoms with Gasteiger partial charge in [-0.25, -0.2) is 4.98 Å². The van der Waals surface area contributed by atoms with Crippen LogP contribution in [0.4, 0.5) is 5.82 Å². The molecule has 6 nitrogen and oxygen atoms in total. The zero-order chi connectivity index (χ0) is 18.6. The highest BCUT2D eigenvalue weighted by Gasteiger charge is 2.18. The van der Waals surface area contributed by atoms with E-state index in [1.807, 2.05) is 24.3 Å². The first-order valence-corrected chi connectivity index (χ1v) is 9.91. The third-order valence-corrected chi connectivity index (χ3v) is 5.29. The lowest BCUT2D eigenvalue weighted by atomic mass is 10.0. The lowest BCUT2D eigenvalue weighted by Gasteiger charge is -2.30. The minimum Gasteiger partial charge on any atom is -0.369 e. The van der Waals surface area contributed by atoms with Crippen LogP contribution in [0.25, 0.3) is 22.4 Å². The minimum atomic E-state index is 0.479. The zero-order valence-electron chi connectivity index (χ0n) is 15.5. The van der Waals surface area contributed by atoms with Gasteiger partial charge in [-0.2, -0.15) is 4.98 Å². The maximum atomic E-state index is 6.13. The fourth-order valence-electron chi connectivity index (χ4n) is 3.75. The molecule has 7 heteroatoms. The Morgan fingerprint density at radius 3 is 3.11 bits per heavy atom. The number of nitrogens with zero attached hydrogens (tertiary/aromatic N) is 4. The lowest BCUT2D eigenvalue weighted by molar-refractivity contribution is 0.183. The van der Waals surface area contributed by atoms with Crippen molar-refractivity contribution in [2.45, 2.75) is 26.2 Å². The third kappa shape index (κ3) is 4.22. The fraction of sp³-hybridized carbons (Fsp3) is 0.450. The molecule has 0 radical (unpaired) electrons. The van der Waals surface area contributed by atoms with Gasteiger partial charge in [0.05, 0.1) is 0 Å². The smallest absolute Gasteiger partial charge is 0.263 e. The molecule has 0 spiro atoms. The lowest BCUT2D eigenvalue weighted by Crippen LogP contribution is -2.35. The van der Waals surface area contributed by atoms with Crippen molar-refractivity contribution in [3.63, 3.8) is 0 Å². The predicted molar refractivity (Wildman–Crippen MR) is 108 cm³/mol. The number of likely N-dealkylation sites (tertiary alicyclic amines) is 1. The molecular weight excluding hydrogens is 362 g/mol. The second-order valence-corrected chi connectivity index (χ2v) is 7.71. The first-order chi connectivity index (χ1) is 13.2. The second-order valence-electron chi connectivity index (χ2n) is 7.27. The summed E-state index contributed by atoms with van der Waals surface area (Å²) in [5.74, 6) is 1.56. The third-order valence-electron chi connectivity index (χ3n) is 5.06. The van der Waals surface area contributed by atoms with Gasteiger partial charge < -0.3 is 14.7 Å². The number of benzene rings is 1. The molecule has 1 saturated heterocycles. The van der Waals surface area contributed by atoms with E-state index in [2.05, 4.69) is 32.3 Å². The Bertz CT molecular complexity index is 912. The van der Waals surface area contributed by atoms with Gasteiger partial charge in [0, 0.05) is 23.7 Å². The number of aromatic nitrogens is 3. The molecule has 0 bridgehead atoms. The van der Waals surface area contributed by atoms with Crippen LogP contribution in [0.5, 0.6) is 0 Å². The van der Waals surface area contributed by atoms with Gasteiger partial charge in [-0.3, -0.25) is 0 Å². The quantitative estimate of drug-likeness (QED) is 0.631. The first kappa shape index (κ1) is 18.2. The van der Waals surface area contributed by atoms with E-state index < -0.39 is 0 Å². The summed E-state index contributed by atoms with van der Waals surface area (Å²) in [5, 5.41) is 9.09. The van der Waals surface area contributed by atoms with E-state index in [1.54, 1.807) is 0 Å². The van der Waals surface area contributed by atoms with E-state index in [9.17, 15) is 0 Å². The molecule has 1 aliphatic rings. The SMILES string of the molecule is CC1CCCN(CCCNc2ncnc3onc(-c4cccc(Cl)c4)c23)C1. The Balaban J connectivity index is 1.46. The zero-order valence-corrected chi connectivity index (χ0v) is 16.2. The molecule has 1 aliphatic heterocycles. The van der Waals surface area contributed by atoms with E-state index in [-0.39, 0.29) is 0 Å². The van der Waals surface area contributed by atoms with E-state index in [0.717, 1.165) is 42.2 Å². The van der Waals surface area contributed by atoms with Crippen LogP contribution in [0.1, 0.15) is 26.2 Å². The van der Waals surface area contributed by atoms with Crippen molar-refractivity contribution >= 4 is 28.5 Å². The summed E-state index contributed by atoms with van der Waals surface area (Å²) < 4.78 is 5.40. The maximum Gasteiger partial charge on any atom is 0.263 e. The molecule has 1 unspecified atom stereocenters. The van der Waals surface area contributed by atoms with Gasteiger partial charge in [0.15, 0.2) is 0 Å². The van der Waals surface area contributed by atoms with Crippen LogP contribution >= 0.6 is 11.6 Å². The van der Waals surface area contributed by atoms with Gasteiger partial charge in [0.1, 0.15) is 23.2 Å². The van der Waals surface area contributed by atoms with Gasteiger partial charge in [-0.05, 0) is 50.4 Å². The number of rotatable bonds is 6. The highest BCUT2D eigenvalue weighted by Crippen LogP contribution is 2.32. The monoisotopic (exact) mass is 385 g/mol. The van der Waals surface area contributed by atoms with Gasteiger partial charge in [-0.1, -0.05) is 35.8 Å². The molecular formula is C20H24ClN5O. The number of hydrogen-bond donors (Lipinski definition) is 1. The van der Waals surface area contributed by atoms with Crippen LogP contribution in [-0.2, 0) is 0 Å². The van der Waals surface area contributed by atoms with Crippen molar-refractivity contribution < 1.29 is 4.52 Å². The number of piperidine rings is 1. The molecule has 3 aromatic rings. The van der Waals surface area contributed by atoms with Gasteiger partial charge in [-0.15, -0.1) is 0 Å². The van der Waals surface area contributed by atoms with E-state index in [4.69, 9.17) is 16.1 Å². The Morgan fingerprint density at radius 2 is 2.26 bits per heavy atom. The molecule has 1 fully saturated rings. The highest BCUT2D eigenvalue weighted by atomic mass is 35.5. The summed E-state index contributed by atoms with van der Waals surface area (Å²) in [6.07, 6.45) is 5.23. The van der Waals surface area contributed by atoms with E-state index >= 15 is 0 Å². The first-order valence-electron chi connectivity index (χ1n) is 9.53.